The minimum absolute atomic E-state index is 0.214. The van der Waals surface area contributed by atoms with Gasteiger partial charge in [-0.2, -0.15) is 0 Å². The van der Waals surface area contributed by atoms with Gasteiger partial charge in [0.1, 0.15) is 17.2 Å². The molecular weight excluding hydrogens is 415 g/mol. The summed E-state index contributed by atoms with van der Waals surface area (Å²) in [6.07, 6.45) is 1.35. The molecule has 2 aromatic rings. The molecule has 2 fully saturated rings. The Bertz CT molecular complexity index is 975. The molecule has 32 heavy (non-hydrogen) atoms. The van der Waals surface area contributed by atoms with Gasteiger partial charge in [-0.1, -0.05) is 18.2 Å². The van der Waals surface area contributed by atoms with E-state index in [-0.39, 0.29) is 18.3 Å². The number of halogens is 1. The molecule has 1 atom stereocenters. The van der Waals surface area contributed by atoms with Crippen molar-refractivity contribution in [3.05, 3.63) is 59.9 Å². The molecule has 0 spiro atoms. The summed E-state index contributed by atoms with van der Waals surface area (Å²) < 4.78 is 24.5. The maximum Gasteiger partial charge on any atom is 0.415 e. The second kappa shape index (κ2) is 9.16. The lowest BCUT2D eigenvalue weighted by Gasteiger charge is -2.39. The zero-order valence-electron chi connectivity index (χ0n) is 18.0. The number of rotatable bonds is 7. The number of para-hydroxylation sites is 1. The van der Waals surface area contributed by atoms with Crippen molar-refractivity contribution in [2.45, 2.75) is 31.9 Å². The van der Waals surface area contributed by atoms with Gasteiger partial charge in [-0.15, -0.1) is 0 Å². The van der Waals surface area contributed by atoms with E-state index >= 15 is 0 Å². The maximum absolute atomic E-state index is 13.2. The number of carbonyl (C=O) groups excluding carboxylic acids is 1. The minimum Gasteiger partial charge on any atom is -0.482 e. The number of carbonyl (C=O) groups is 2. The largest absolute Gasteiger partial charge is 0.482 e. The number of piperidine rings is 1. The van der Waals surface area contributed by atoms with E-state index in [4.69, 9.17) is 14.6 Å². The Morgan fingerprint density at radius 1 is 1.19 bits per heavy atom. The van der Waals surface area contributed by atoms with Crippen molar-refractivity contribution < 1.29 is 28.6 Å². The first kappa shape index (κ1) is 22.1. The number of anilines is 1. The number of benzene rings is 2. The van der Waals surface area contributed by atoms with Gasteiger partial charge in [0.05, 0.1) is 6.54 Å². The van der Waals surface area contributed by atoms with Gasteiger partial charge in [-0.3, -0.25) is 9.80 Å². The van der Waals surface area contributed by atoms with Crippen molar-refractivity contribution >= 4 is 17.7 Å². The summed E-state index contributed by atoms with van der Waals surface area (Å²) in [5, 5.41) is 8.88. The quantitative estimate of drug-likeness (QED) is 0.700. The fourth-order valence-electron chi connectivity index (χ4n) is 4.55. The van der Waals surface area contributed by atoms with Gasteiger partial charge in [0.2, 0.25) is 0 Å². The normalized spacial score (nSPS) is 22.1. The molecule has 2 heterocycles. The highest BCUT2D eigenvalue weighted by Crippen LogP contribution is 2.38. The lowest BCUT2D eigenvalue weighted by molar-refractivity contribution is -0.139. The molecule has 0 bridgehead atoms. The van der Waals surface area contributed by atoms with Crippen LogP contribution in [0.2, 0.25) is 0 Å². The van der Waals surface area contributed by atoms with Crippen molar-refractivity contribution in [3.63, 3.8) is 0 Å². The van der Waals surface area contributed by atoms with Crippen molar-refractivity contribution in [2.24, 2.45) is 5.92 Å². The fourth-order valence-corrected chi connectivity index (χ4v) is 4.55. The van der Waals surface area contributed by atoms with E-state index in [2.05, 4.69) is 4.90 Å². The Balaban J connectivity index is 1.35. The molecule has 0 aromatic heterocycles. The smallest absolute Gasteiger partial charge is 0.415 e. The number of carboxylic acids is 1. The number of aliphatic carboxylic acids is 1. The lowest BCUT2D eigenvalue weighted by Crippen LogP contribution is -2.45. The second-order valence-corrected chi connectivity index (χ2v) is 8.58. The van der Waals surface area contributed by atoms with E-state index in [1.165, 1.54) is 12.1 Å². The molecule has 0 aliphatic carbocycles. The third-order valence-electron chi connectivity index (χ3n) is 6.32. The zero-order valence-corrected chi connectivity index (χ0v) is 18.0. The first-order valence-electron chi connectivity index (χ1n) is 10.7. The molecule has 8 heteroatoms. The van der Waals surface area contributed by atoms with Crippen LogP contribution in [0.15, 0.2) is 48.5 Å². The minimum atomic E-state index is -1.00. The zero-order chi connectivity index (χ0) is 22.7. The number of hydrogen-bond acceptors (Lipinski definition) is 5. The molecule has 0 radical (unpaired) electrons. The third-order valence-corrected chi connectivity index (χ3v) is 6.32. The van der Waals surface area contributed by atoms with Gasteiger partial charge in [0.25, 0.3) is 0 Å². The van der Waals surface area contributed by atoms with Crippen LogP contribution in [0.1, 0.15) is 25.3 Å². The summed E-state index contributed by atoms with van der Waals surface area (Å²) in [4.78, 5) is 27.2. The SMILES string of the molecule is C[C@]1(C2CCN(Cc3ccccc3OCC(=O)O)CC2)CN(c2ccc(F)cc2)C(=O)O1. The van der Waals surface area contributed by atoms with Gasteiger partial charge < -0.3 is 14.6 Å². The van der Waals surface area contributed by atoms with Gasteiger partial charge >= 0.3 is 12.1 Å². The first-order valence-corrected chi connectivity index (χ1v) is 10.7. The Morgan fingerprint density at radius 3 is 2.56 bits per heavy atom. The van der Waals surface area contributed by atoms with Crippen molar-refractivity contribution in [1.82, 2.24) is 4.90 Å². The Hall–Kier alpha value is -3.13. The van der Waals surface area contributed by atoms with Crippen LogP contribution in [-0.4, -0.2) is 53.9 Å². The Kier molecular flexibility index (Phi) is 6.32. The fraction of sp³-hybridized carbons (Fsp3) is 0.417. The van der Waals surface area contributed by atoms with Crippen LogP contribution in [0.4, 0.5) is 14.9 Å². The maximum atomic E-state index is 13.2. The van der Waals surface area contributed by atoms with E-state index < -0.39 is 17.7 Å². The number of ether oxygens (including phenoxy) is 2. The molecule has 2 aliphatic rings. The molecular formula is C24H27FN2O5. The highest BCUT2D eigenvalue weighted by atomic mass is 19.1. The number of carboxylic acid groups (broad SMARTS) is 1. The monoisotopic (exact) mass is 442 g/mol. The molecule has 1 amide bonds. The number of amides is 1. The Morgan fingerprint density at radius 2 is 1.88 bits per heavy atom. The molecule has 2 aromatic carbocycles. The van der Waals surface area contributed by atoms with E-state index in [0.717, 1.165) is 31.5 Å². The summed E-state index contributed by atoms with van der Waals surface area (Å²) in [7, 11) is 0. The van der Waals surface area contributed by atoms with Gasteiger partial charge in [-0.25, -0.2) is 14.0 Å². The van der Waals surface area contributed by atoms with Crippen molar-refractivity contribution in [3.8, 4) is 5.75 Å². The summed E-state index contributed by atoms with van der Waals surface area (Å²) in [5.74, 6) is -0.545. The van der Waals surface area contributed by atoms with Crippen LogP contribution in [-0.2, 0) is 16.1 Å². The average molecular weight is 442 g/mol. The van der Waals surface area contributed by atoms with Crippen LogP contribution >= 0.6 is 0 Å². The lowest BCUT2D eigenvalue weighted by atomic mass is 9.81. The van der Waals surface area contributed by atoms with Gasteiger partial charge in [-0.05, 0) is 63.2 Å². The van der Waals surface area contributed by atoms with Crippen LogP contribution < -0.4 is 9.64 Å². The summed E-state index contributed by atoms with van der Waals surface area (Å²) in [5.41, 5.74) is 0.990. The van der Waals surface area contributed by atoms with Crippen LogP contribution in [0.5, 0.6) is 5.75 Å². The van der Waals surface area contributed by atoms with E-state index in [0.29, 0.717) is 24.5 Å². The van der Waals surface area contributed by atoms with Gasteiger partial charge in [0, 0.05) is 23.7 Å². The predicted octanol–water partition coefficient (Wildman–Crippen LogP) is 3.92. The standard InChI is InChI=1S/C24H27FN2O5/c1-24(16-27(23(30)32-24)20-8-6-19(25)7-9-20)18-10-12-26(13-11-18)14-17-4-2-3-5-21(17)31-15-22(28)29/h2-9,18H,10-16H2,1H3,(H,28,29)/t24-/m1/s1. The van der Waals surface area contributed by atoms with Crippen LogP contribution in [0, 0.1) is 11.7 Å². The summed E-state index contributed by atoms with van der Waals surface area (Å²) >= 11 is 0. The van der Waals surface area contributed by atoms with Gasteiger partial charge in [0.15, 0.2) is 6.61 Å². The van der Waals surface area contributed by atoms with E-state index in [9.17, 15) is 14.0 Å². The highest BCUT2D eigenvalue weighted by molar-refractivity contribution is 5.90. The van der Waals surface area contributed by atoms with Crippen molar-refractivity contribution in [1.29, 1.82) is 0 Å². The molecule has 0 unspecified atom stereocenters. The van der Waals surface area contributed by atoms with Crippen LogP contribution in [0.3, 0.4) is 0 Å². The third kappa shape index (κ3) is 4.85. The molecule has 1 N–H and O–H groups in total. The highest BCUT2D eigenvalue weighted by Gasteiger charge is 2.48. The number of nitrogens with zero attached hydrogens (tertiary/aromatic N) is 2. The molecule has 0 saturated carbocycles. The number of hydrogen-bond donors (Lipinski definition) is 1. The molecule has 2 aliphatic heterocycles. The second-order valence-electron chi connectivity index (χ2n) is 8.58. The van der Waals surface area contributed by atoms with E-state index in [1.54, 1.807) is 23.1 Å². The van der Waals surface area contributed by atoms with Crippen LogP contribution in [0.25, 0.3) is 0 Å². The first-order chi connectivity index (χ1) is 15.3. The molecule has 170 valence electrons. The summed E-state index contributed by atoms with van der Waals surface area (Å²) in [6.45, 7) is 4.38. The average Bonchev–Trinajstić information content (AvgIpc) is 3.09. The van der Waals surface area contributed by atoms with E-state index in [1.807, 2.05) is 25.1 Å². The Labute approximate surface area is 186 Å². The molecule has 2 saturated heterocycles. The topological polar surface area (TPSA) is 79.3 Å². The predicted molar refractivity (Wildman–Crippen MR) is 116 cm³/mol. The summed E-state index contributed by atoms with van der Waals surface area (Å²) in [6, 6.07) is 13.3. The molecule has 7 nitrogen and oxygen atoms in total. The number of cyclic esters (lactones) is 1. The number of likely N-dealkylation sites (tertiary alicyclic amines) is 1. The molecule has 4 rings (SSSR count). The van der Waals surface area contributed by atoms with Crippen molar-refractivity contribution in [2.75, 3.05) is 31.1 Å².